The summed E-state index contributed by atoms with van der Waals surface area (Å²) in [6, 6.07) is 8.44. The molecule has 1 atom stereocenters. The van der Waals surface area contributed by atoms with Crippen molar-refractivity contribution in [2.75, 3.05) is 5.32 Å². The summed E-state index contributed by atoms with van der Waals surface area (Å²) >= 11 is 1.07. The van der Waals surface area contributed by atoms with E-state index < -0.39 is 10.0 Å². The number of nitrogens with zero attached hydrogens (tertiary/aromatic N) is 1. The molecule has 0 amide bonds. The third kappa shape index (κ3) is 2.49. The van der Waals surface area contributed by atoms with Crippen molar-refractivity contribution in [3.05, 3.63) is 41.6 Å². The first kappa shape index (κ1) is 12.6. The number of anilines is 1. The van der Waals surface area contributed by atoms with Crippen LogP contribution in [0.5, 0.6) is 0 Å². The molecule has 0 unspecified atom stereocenters. The largest absolute Gasteiger partial charge is 0.355 e. The fourth-order valence-corrected chi connectivity index (χ4v) is 3.82. The molecule has 3 N–H and O–H groups in total. The van der Waals surface area contributed by atoms with E-state index in [1.54, 1.807) is 0 Å². The third-order valence-electron chi connectivity index (χ3n) is 3.20. The van der Waals surface area contributed by atoms with E-state index in [1.807, 2.05) is 12.1 Å². The van der Waals surface area contributed by atoms with Gasteiger partial charge in [0, 0.05) is 0 Å². The van der Waals surface area contributed by atoms with Crippen LogP contribution >= 0.6 is 11.3 Å². The predicted octanol–water partition coefficient (Wildman–Crippen LogP) is 1.89. The molecule has 5 nitrogen and oxygen atoms in total. The molecule has 1 aromatic heterocycles. The molecule has 1 aromatic carbocycles. The molecule has 7 heteroatoms. The standard InChI is InChI=1S/C12H13N3O2S2/c13-19(16,17)11-7-14-12(18-11)15-10-6-5-8-3-1-2-4-9(8)10/h1-4,7,10H,5-6H2,(H,14,15)(H2,13,16,17)/t10-/m0/s1. The first-order chi connectivity index (χ1) is 9.04. The summed E-state index contributed by atoms with van der Waals surface area (Å²) in [6.07, 6.45) is 3.31. The summed E-state index contributed by atoms with van der Waals surface area (Å²) in [5, 5.41) is 8.94. The van der Waals surface area contributed by atoms with Crippen molar-refractivity contribution in [2.24, 2.45) is 5.14 Å². The molecule has 0 radical (unpaired) electrons. The van der Waals surface area contributed by atoms with Crippen LogP contribution in [0, 0.1) is 0 Å². The number of thiazole rings is 1. The normalized spacial score (nSPS) is 18.3. The zero-order valence-corrected chi connectivity index (χ0v) is 11.7. The van der Waals surface area contributed by atoms with Gasteiger partial charge >= 0.3 is 0 Å². The minimum absolute atomic E-state index is 0.0845. The monoisotopic (exact) mass is 295 g/mol. The van der Waals surface area contributed by atoms with Gasteiger partial charge in [-0.15, -0.1) is 0 Å². The Labute approximate surface area is 115 Å². The van der Waals surface area contributed by atoms with Gasteiger partial charge in [-0.1, -0.05) is 35.6 Å². The number of fused-ring (bicyclic) bond motifs is 1. The fraction of sp³-hybridized carbons (Fsp3) is 0.250. The number of aryl methyl sites for hydroxylation is 1. The molecule has 0 aliphatic heterocycles. The lowest BCUT2D eigenvalue weighted by atomic mass is 10.1. The van der Waals surface area contributed by atoms with Gasteiger partial charge in [-0.05, 0) is 24.0 Å². The summed E-state index contributed by atoms with van der Waals surface area (Å²) in [7, 11) is -3.66. The molecule has 0 spiro atoms. The smallest absolute Gasteiger partial charge is 0.249 e. The SMILES string of the molecule is NS(=O)(=O)c1cnc(N[C@H]2CCc3ccccc32)s1. The highest BCUT2D eigenvalue weighted by atomic mass is 32.2. The minimum atomic E-state index is -3.66. The Morgan fingerprint density at radius 2 is 2.16 bits per heavy atom. The number of aromatic nitrogens is 1. The van der Waals surface area contributed by atoms with E-state index in [4.69, 9.17) is 5.14 Å². The van der Waals surface area contributed by atoms with Crippen molar-refractivity contribution in [1.29, 1.82) is 0 Å². The molecule has 0 saturated heterocycles. The Balaban J connectivity index is 1.82. The van der Waals surface area contributed by atoms with Crippen molar-refractivity contribution < 1.29 is 8.42 Å². The zero-order valence-electron chi connectivity index (χ0n) is 10.0. The van der Waals surface area contributed by atoms with Crippen LogP contribution in [0.1, 0.15) is 23.6 Å². The summed E-state index contributed by atoms with van der Waals surface area (Å²) in [4.78, 5) is 4.07. The average molecular weight is 295 g/mol. The van der Waals surface area contributed by atoms with Crippen LogP contribution < -0.4 is 10.5 Å². The van der Waals surface area contributed by atoms with Crippen LogP contribution in [0.25, 0.3) is 0 Å². The maximum atomic E-state index is 11.2. The maximum Gasteiger partial charge on any atom is 0.249 e. The third-order valence-corrected chi connectivity index (χ3v) is 5.53. The van der Waals surface area contributed by atoms with Gasteiger partial charge in [0.2, 0.25) is 10.0 Å². The number of nitrogens with two attached hydrogens (primary N) is 1. The van der Waals surface area contributed by atoms with Gasteiger partial charge in [0.25, 0.3) is 0 Å². The summed E-state index contributed by atoms with van der Waals surface area (Å²) in [5.41, 5.74) is 2.60. The zero-order chi connectivity index (χ0) is 13.5. The van der Waals surface area contributed by atoms with Crippen LogP contribution in [0.15, 0.2) is 34.7 Å². The number of nitrogens with one attached hydrogen (secondary N) is 1. The van der Waals surface area contributed by atoms with Crippen molar-refractivity contribution in [3.8, 4) is 0 Å². The number of benzene rings is 1. The van der Waals surface area contributed by atoms with Gasteiger partial charge in [-0.2, -0.15) is 0 Å². The number of sulfonamides is 1. The lowest BCUT2D eigenvalue weighted by Gasteiger charge is -2.12. The van der Waals surface area contributed by atoms with Gasteiger partial charge in [0.1, 0.15) is 0 Å². The quantitative estimate of drug-likeness (QED) is 0.905. The molecule has 0 fully saturated rings. The molecule has 2 aromatic rings. The van der Waals surface area contributed by atoms with Gasteiger partial charge < -0.3 is 5.32 Å². The minimum Gasteiger partial charge on any atom is -0.355 e. The summed E-state index contributed by atoms with van der Waals surface area (Å²) in [6.45, 7) is 0. The first-order valence-corrected chi connectivity index (χ1v) is 8.23. The Hall–Kier alpha value is -1.44. The summed E-state index contributed by atoms with van der Waals surface area (Å²) < 4.78 is 22.5. The van der Waals surface area contributed by atoms with E-state index >= 15 is 0 Å². The van der Waals surface area contributed by atoms with Crippen LogP contribution in [-0.2, 0) is 16.4 Å². The molecule has 100 valence electrons. The topological polar surface area (TPSA) is 85.1 Å². The molecule has 3 rings (SSSR count). The predicted molar refractivity (Wildman–Crippen MR) is 74.6 cm³/mol. The molecule has 1 aliphatic rings. The highest BCUT2D eigenvalue weighted by Crippen LogP contribution is 2.34. The van der Waals surface area contributed by atoms with E-state index in [0.717, 1.165) is 24.2 Å². The van der Waals surface area contributed by atoms with E-state index in [2.05, 4.69) is 22.4 Å². The molecule has 1 aliphatic carbocycles. The number of rotatable bonds is 3. The van der Waals surface area contributed by atoms with Crippen LogP contribution in [0.2, 0.25) is 0 Å². The Morgan fingerprint density at radius 1 is 1.37 bits per heavy atom. The van der Waals surface area contributed by atoms with E-state index in [1.165, 1.54) is 17.3 Å². The first-order valence-electron chi connectivity index (χ1n) is 5.87. The Bertz CT molecular complexity index is 709. The van der Waals surface area contributed by atoms with Crippen molar-refractivity contribution in [1.82, 2.24) is 4.98 Å². The highest BCUT2D eigenvalue weighted by Gasteiger charge is 2.23. The van der Waals surface area contributed by atoms with Crippen LogP contribution in [0.4, 0.5) is 5.13 Å². The van der Waals surface area contributed by atoms with E-state index in [-0.39, 0.29) is 10.3 Å². The van der Waals surface area contributed by atoms with Crippen molar-refractivity contribution in [3.63, 3.8) is 0 Å². The molecular weight excluding hydrogens is 282 g/mol. The summed E-state index contributed by atoms with van der Waals surface area (Å²) in [5.74, 6) is 0. The number of primary sulfonamides is 1. The number of hydrogen-bond donors (Lipinski definition) is 2. The highest BCUT2D eigenvalue weighted by molar-refractivity contribution is 7.91. The molecular formula is C12H13N3O2S2. The van der Waals surface area contributed by atoms with Crippen molar-refractivity contribution >= 4 is 26.5 Å². The lowest BCUT2D eigenvalue weighted by molar-refractivity contribution is 0.599. The van der Waals surface area contributed by atoms with Gasteiger partial charge in [-0.25, -0.2) is 18.5 Å². The fourth-order valence-electron chi connectivity index (χ4n) is 2.31. The van der Waals surface area contributed by atoms with Gasteiger partial charge in [0.15, 0.2) is 9.34 Å². The van der Waals surface area contributed by atoms with E-state index in [0.29, 0.717) is 5.13 Å². The van der Waals surface area contributed by atoms with Gasteiger partial charge in [0.05, 0.1) is 12.2 Å². The van der Waals surface area contributed by atoms with Crippen LogP contribution in [-0.4, -0.2) is 13.4 Å². The molecule has 0 bridgehead atoms. The second-order valence-electron chi connectivity index (χ2n) is 4.46. The molecule has 0 saturated carbocycles. The Kier molecular flexibility index (Phi) is 3.04. The van der Waals surface area contributed by atoms with Crippen molar-refractivity contribution in [2.45, 2.75) is 23.1 Å². The second kappa shape index (κ2) is 4.59. The Morgan fingerprint density at radius 3 is 2.89 bits per heavy atom. The average Bonchev–Trinajstić information content (AvgIpc) is 2.97. The lowest BCUT2D eigenvalue weighted by Crippen LogP contribution is -2.10. The van der Waals surface area contributed by atoms with E-state index in [9.17, 15) is 8.42 Å². The van der Waals surface area contributed by atoms with Crippen LogP contribution in [0.3, 0.4) is 0 Å². The molecule has 1 heterocycles. The number of hydrogen-bond acceptors (Lipinski definition) is 5. The maximum absolute atomic E-state index is 11.2. The second-order valence-corrected chi connectivity index (χ2v) is 7.28. The van der Waals surface area contributed by atoms with Gasteiger partial charge in [-0.3, -0.25) is 0 Å². The molecule has 19 heavy (non-hydrogen) atoms.